The maximum absolute atomic E-state index is 11.7. The smallest absolute Gasteiger partial charge is 0.317 e. The van der Waals surface area contributed by atoms with Gasteiger partial charge in [-0.1, -0.05) is 12.1 Å². The quantitative estimate of drug-likeness (QED) is 0.803. The number of hydrogen-bond donors (Lipinski definition) is 1. The molecule has 5 nitrogen and oxygen atoms in total. The lowest BCUT2D eigenvalue weighted by Gasteiger charge is -2.18. The molecule has 0 aliphatic carbocycles. The van der Waals surface area contributed by atoms with Gasteiger partial charge in [-0.3, -0.25) is 0 Å². The summed E-state index contributed by atoms with van der Waals surface area (Å²) in [7, 11) is 5.59. The largest absolute Gasteiger partial charge is 0.362 e. The minimum atomic E-state index is -0.122. The molecular formula is C13H20N4O. The van der Waals surface area contributed by atoms with E-state index < -0.39 is 0 Å². The van der Waals surface area contributed by atoms with Gasteiger partial charge in [0.1, 0.15) is 5.82 Å². The molecule has 1 N–H and O–H groups in total. The number of aromatic nitrogens is 1. The lowest BCUT2D eigenvalue weighted by molar-refractivity contribution is 0.213. The first-order chi connectivity index (χ1) is 8.56. The second-order valence-electron chi connectivity index (χ2n) is 4.21. The van der Waals surface area contributed by atoms with E-state index in [1.54, 1.807) is 24.2 Å². The topological polar surface area (TPSA) is 48.5 Å². The molecule has 18 heavy (non-hydrogen) atoms. The average Bonchev–Trinajstić information content (AvgIpc) is 2.36. The number of rotatable bonds is 5. The molecule has 0 radical (unpaired) electrons. The zero-order valence-corrected chi connectivity index (χ0v) is 11.2. The van der Waals surface area contributed by atoms with Crippen molar-refractivity contribution in [2.45, 2.75) is 6.54 Å². The van der Waals surface area contributed by atoms with Crippen LogP contribution in [0.4, 0.5) is 10.6 Å². The first-order valence-electron chi connectivity index (χ1n) is 5.77. The van der Waals surface area contributed by atoms with Gasteiger partial charge in [0.05, 0.1) is 0 Å². The molecular weight excluding hydrogens is 228 g/mol. The second-order valence-corrected chi connectivity index (χ2v) is 4.21. The minimum absolute atomic E-state index is 0.122. The van der Waals surface area contributed by atoms with Crippen LogP contribution in [0.1, 0.15) is 5.56 Å². The van der Waals surface area contributed by atoms with Crippen molar-refractivity contribution in [2.75, 3.05) is 32.6 Å². The third-order valence-electron chi connectivity index (χ3n) is 2.47. The van der Waals surface area contributed by atoms with Crippen molar-refractivity contribution >= 4 is 11.8 Å². The highest BCUT2D eigenvalue weighted by atomic mass is 16.2. The number of urea groups is 1. The van der Waals surface area contributed by atoms with E-state index in [9.17, 15) is 4.79 Å². The second kappa shape index (κ2) is 6.64. The molecule has 1 rings (SSSR count). The van der Waals surface area contributed by atoms with E-state index in [2.05, 4.69) is 16.9 Å². The van der Waals surface area contributed by atoms with Gasteiger partial charge >= 0.3 is 6.03 Å². The van der Waals surface area contributed by atoms with Crippen molar-refractivity contribution in [3.8, 4) is 0 Å². The summed E-state index contributed by atoms with van der Waals surface area (Å²) >= 11 is 0. The minimum Gasteiger partial charge on any atom is -0.362 e. The van der Waals surface area contributed by atoms with Crippen LogP contribution in [0.5, 0.6) is 0 Å². The lowest BCUT2D eigenvalue weighted by Crippen LogP contribution is -2.37. The number of carbonyl (C=O) groups is 1. The van der Waals surface area contributed by atoms with E-state index >= 15 is 0 Å². The van der Waals surface area contributed by atoms with Crippen LogP contribution >= 0.6 is 0 Å². The first kappa shape index (κ1) is 14.0. The molecule has 0 saturated carbocycles. The molecule has 0 saturated heterocycles. The summed E-state index contributed by atoms with van der Waals surface area (Å²) in [6.07, 6.45) is 3.43. The molecule has 1 aromatic heterocycles. The number of anilines is 1. The number of pyridine rings is 1. The number of hydrogen-bond acceptors (Lipinski definition) is 3. The van der Waals surface area contributed by atoms with Crippen molar-refractivity contribution in [2.24, 2.45) is 0 Å². The molecule has 0 aromatic carbocycles. The highest BCUT2D eigenvalue weighted by Crippen LogP contribution is 2.13. The van der Waals surface area contributed by atoms with E-state index in [4.69, 9.17) is 0 Å². The van der Waals surface area contributed by atoms with Crippen LogP contribution in [0.15, 0.2) is 31.0 Å². The summed E-state index contributed by atoms with van der Waals surface area (Å²) in [5.41, 5.74) is 0.989. The van der Waals surface area contributed by atoms with E-state index in [-0.39, 0.29) is 6.03 Å². The van der Waals surface area contributed by atoms with Crippen LogP contribution in [0.3, 0.4) is 0 Å². The van der Waals surface area contributed by atoms with Crippen LogP contribution in [0.2, 0.25) is 0 Å². The van der Waals surface area contributed by atoms with Gasteiger partial charge in [0.25, 0.3) is 0 Å². The molecule has 0 unspecified atom stereocenters. The molecule has 5 heteroatoms. The zero-order valence-electron chi connectivity index (χ0n) is 11.2. The molecule has 98 valence electrons. The number of amides is 2. The molecule has 0 aliphatic heterocycles. The Hall–Kier alpha value is -2.04. The lowest BCUT2D eigenvalue weighted by atomic mass is 10.2. The van der Waals surface area contributed by atoms with Gasteiger partial charge < -0.3 is 15.1 Å². The van der Waals surface area contributed by atoms with E-state index in [1.807, 2.05) is 31.1 Å². The Balaban J connectivity index is 2.63. The average molecular weight is 248 g/mol. The summed E-state index contributed by atoms with van der Waals surface area (Å²) in [6, 6.07) is 3.70. The van der Waals surface area contributed by atoms with Gasteiger partial charge in [-0.15, -0.1) is 6.58 Å². The predicted molar refractivity (Wildman–Crippen MR) is 73.6 cm³/mol. The summed E-state index contributed by atoms with van der Waals surface area (Å²) in [5.74, 6) is 0.865. The van der Waals surface area contributed by atoms with Gasteiger partial charge in [0, 0.05) is 46.0 Å². The van der Waals surface area contributed by atoms with Crippen LogP contribution in [-0.4, -0.2) is 43.6 Å². The van der Waals surface area contributed by atoms with Gasteiger partial charge in [-0.2, -0.15) is 0 Å². The SMILES string of the molecule is C=CCN(C)C(=O)NCc1cccnc1N(C)C. The van der Waals surface area contributed by atoms with Gasteiger partial charge in [0.15, 0.2) is 0 Å². The van der Waals surface area contributed by atoms with Gasteiger partial charge in [-0.25, -0.2) is 9.78 Å². The van der Waals surface area contributed by atoms with Gasteiger partial charge in [0.2, 0.25) is 0 Å². The molecule has 0 atom stereocenters. The molecule has 1 aromatic rings. The van der Waals surface area contributed by atoms with Crippen LogP contribution in [-0.2, 0) is 6.54 Å². The van der Waals surface area contributed by atoms with Crippen molar-refractivity contribution in [1.29, 1.82) is 0 Å². The number of nitrogens with zero attached hydrogens (tertiary/aromatic N) is 3. The fraction of sp³-hybridized carbons (Fsp3) is 0.385. The fourth-order valence-electron chi connectivity index (χ4n) is 1.55. The standard InChI is InChI=1S/C13H20N4O/c1-5-9-17(4)13(18)15-10-11-7-6-8-14-12(11)16(2)3/h5-8H,1,9-10H2,2-4H3,(H,15,18). The third-order valence-corrected chi connectivity index (χ3v) is 2.47. The Morgan fingerprint density at radius 3 is 2.83 bits per heavy atom. The third kappa shape index (κ3) is 3.76. The van der Waals surface area contributed by atoms with Crippen molar-refractivity contribution < 1.29 is 4.79 Å². The number of nitrogens with one attached hydrogen (secondary N) is 1. The summed E-state index contributed by atoms with van der Waals surface area (Å²) < 4.78 is 0. The highest BCUT2D eigenvalue weighted by molar-refractivity contribution is 5.74. The van der Waals surface area contributed by atoms with Gasteiger partial charge in [-0.05, 0) is 6.07 Å². The zero-order chi connectivity index (χ0) is 13.5. The molecule has 0 aliphatic rings. The normalized spacial score (nSPS) is 9.72. The molecule has 0 bridgehead atoms. The Bertz CT molecular complexity index is 417. The van der Waals surface area contributed by atoms with Crippen LogP contribution in [0, 0.1) is 0 Å². The molecule has 0 fully saturated rings. The maximum Gasteiger partial charge on any atom is 0.317 e. The Morgan fingerprint density at radius 1 is 1.50 bits per heavy atom. The Morgan fingerprint density at radius 2 is 2.22 bits per heavy atom. The summed E-state index contributed by atoms with van der Waals surface area (Å²) in [6.45, 7) is 4.59. The summed E-state index contributed by atoms with van der Waals surface area (Å²) in [5, 5.41) is 2.85. The number of likely N-dealkylation sites (N-methyl/N-ethyl adjacent to an activating group) is 1. The van der Waals surface area contributed by atoms with Crippen LogP contribution < -0.4 is 10.2 Å². The Labute approximate surface area is 108 Å². The van der Waals surface area contributed by atoms with Crippen molar-refractivity contribution in [3.63, 3.8) is 0 Å². The molecule has 1 heterocycles. The van der Waals surface area contributed by atoms with Crippen molar-refractivity contribution in [1.82, 2.24) is 15.2 Å². The highest BCUT2D eigenvalue weighted by Gasteiger charge is 2.09. The maximum atomic E-state index is 11.7. The Kier molecular flexibility index (Phi) is 5.17. The molecule has 0 spiro atoms. The number of carbonyl (C=O) groups excluding carboxylic acids is 1. The van der Waals surface area contributed by atoms with E-state index in [0.717, 1.165) is 11.4 Å². The van der Waals surface area contributed by atoms with Crippen LogP contribution in [0.25, 0.3) is 0 Å². The summed E-state index contributed by atoms with van der Waals surface area (Å²) in [4.78, 5) is 19.5. The predicted octanol–water partition coefficient (Wildman–Crippen LogP) is 1.48. The monoisotopic (exact) mass is 248 g/mol. The molecule has 2 amide bonds. The van der Waals surface area contributed by atoms with E-state index in [1.165, 1.54) is 0 Å². The van der Waals surface area contributed by atoms with E-state index in [0.29, 0.717) is 13.1 Å². The first-order valence-corrected chi connectivity index (χ1v) is 5.77. The fourth-order valence-corrected chi connectivity index (χ4v) is 1.55. The van der Waals surface area contributed by atoms with Crippen molar-refractivity contribution in [3.05, 3.63) is 36.5 Å².